The van der Waals surface area contributed by atoms with Gasteiger partial charge < -0.3 is 19.8 Å². The number of hydrogen-bond acceptors (Lipinski definition) is 5. The maximum Gasteiger partial charge on any atom is 0.259 e. The molecule has 0 spiro atoms. The van der Waals surface area contributed by atoms with Gasteiger partial charge in [-0.3, -0.25) is 9.79 Å². The molecular weight excluding hydrogens is 338 g/mol. The molecule has 0 saturated carbocycles. The van der Waals surface area contributed by atoms with E-state index in [0.717, 1.165) is 20.7 Å². The van der Waals surface area contributed by atoms with E-state index in [9.17, 15) is 4.79 Å². The number of thiophene rings is 1. The number of hydrogen-bond donors (Lipinski definition) is 1. The Morgan fingerprint density at radius 1 is 1.20 bits per heavy atom. The number of methoxy groups -OCH3 is 2. The second kappa shape index (κ2) is 6.60. The van der Waals surface area contributed by atoms with E-state index in [1.165, 1.54) is 11.3 Å². The van der Waals surface area contributed by atoms with Gasteiger partial charge in [0, 0.05) is 30.6 Å². The molecule has 130 valence electrons. The van der Waals surface area contributed by atoms with Gasteiger partial charge in [0.25, 0.3) is 5.56 Å². The summed E-state index contributed by atoms with van der Waals surface area (Å²) in [5, 5.41) is 0.626. The van der Waals surface area contributed by atoms with Gasteiger partial charge in [-0.25, -0.2) is 0 Å². The quantitative estimate of drug-likeness (QED) is 0.575. The van der Waals surface area contributed by atoms with Crippen molar-refractivity contribution in [2.75, 3.05) is 21.3 Å². The van der Waals surface area contributed by atoms with E-state index in [-0.39, 0.29) is 5.56 Å². The highest BCUT2D eigenvalue weighted by Gasteiger charge is 2.16. The number of pyridine rings is 1. The number of nitrogens with two attached hydrogens (primary N) is 1. The largest absolute Gasteiger partial charge is 0.493 e. The molecule has 1 aromatic carbocycles. The van der Waals surface area contributed by atoms with Crippen LogP contribution in [0.3, 0.4) is 0 Å². The van der Waals surface area contributed by atoms with Crippen LogP contribution >= 0.6 is 11.3 Å². The molecule has 0 unspecified atom stereocenters. The van der Waals surface area contributed by atoms with E-state index in [2.05, 4.69) is 4.99 Å². The molecule has 2 aromatic heterocycles. The molecule has 0 atom stereocenters. The van der Waals surface area contributed by atoms with Gasteiger partial charge in [0.05, 0.1) is 24.5 Å². The molecule has 0 fully saturated rings. The Morgan fingerprint density at radius 2 is 1.92 bits per heavy atom. The van der Waals surface area contributed by atoms with Crippen molar-refractivity contribution in [2.45, 2.75) is 0 Å². The third-order valence-electron chi connectivity index (χ3n) is 4.04. The number of fused-ring (bicyclic) bond motifs is 1. The first-order valence-electron chi connectivity index (χ1n) is 7.58. The van der Waals surface area contributed by atoms with E-state index >= 15 is 0 Å². The summed E-state index contributed by atoms with van der Waals surface area (Å²) in [5.41, 5.74) is 7.73. The normalized spacial score (nSPS) is 11.8. The highest BCUT2D eigenvalue weighted by Crippen LogP contribution is 2.37. The first-order valence-corrected chi connectivity index (χ1v) is 8.40. The Morgan fingerprint density at radius 3 is 2.56 bits per heavy atom. The number of aryl methyl sites for hydroxylation is 1. The molecule has 3 rings (SSSR count). The molecule has 2 N–H and O–H groups in total. The van der Waals surface area contributed by atoms with Crippen LogP contribution in [0.5, 0.6) is 11.5 Å². The lowest BCUT2D eigenvalue weighted by atomic mass is 10.1. The maximum atomic E-state index is 12.5. The summed E-state index contributed by atoms with van der Waals surface area (Å²) in [4.78, 5) is 17.3. The van der Waals surface area contributed by atoms with Gasteiger partial charge in [0.2, 0.25) is 0 Å². The number of ether oxygens (including phenoxy) is 2. The minimum absolute atomic E-state index is 0.0642. The lowest BCUT2D eigenvalue weighted by Gasteiger charge is -2.11. The van der Waals surface area contributed by atoms with Crippen LogP contribution in [0.1, 0.15) is 4.88 Å². The van der Waals surface area contributed by atoms with Crippen LogP contribution in [-0.4, -0.2) is 31.7 Å². The lowest BCUT2D eigenvalue weighted by Crippen LogP contribution is -2.15. The fourth-order valence-electron chi connectivity index (χ4n) is 2.70. The molecule has 3 aromatic rings. The smallest absolute Gasteiger partial charge is 0.259 e. The van der Waals surface area contributed by atoms with Crippen LogP contribution in [0.2, 0.25) is 0 Å². The summed E-state index contributed by atoms with van der Waals surface area (Å²) in [6.07, 6.45) is 1.82. The number of aliphatic imine (C=N–C) groups is 1. The number of nitrogens with zero attached hydrogens (tertiary/aromatic N) is 2. The van der Waals surface area contributed by atoms with Gasteiger partial charge in [-0.2, -0.15) is 0 Å². The summed E-state index contributed by atoms with van der Waals surface area (Å²) in [5.74, 6) is 1.71. The molecule has 0 aliphatic carbocycles. The Balaban J connectivity index is 2.31. The Labute approximate surface area is 149 Å². The van der Waals surface area contributed by atoms with Crippen molar-refractivity contribution in [3.8, 4) is 22.6 Å². The van der Waals surface area contributed by atoms with Crippen LogP contribution < -0.4 is 20.8 Å². The van der Waals surface area contributed by atoms with Crippen molar-refractivity contribution < 1.29 is 9.47 Å². The van der Waals surface area contributed by atoms with Crippen LogP contribution in [-0.2, 0) is 7.05 Å². The molecule has 6 nitrogen and oxygen atoms in total. The second-order valence-electron chi connectivity index (χ2n) is 5.49. The molecule has 25 heavy (non-hydrogen) atoms. The zero-order chi connectivity index (χ0) is 18.1. The standard InChI is InChI=1S/C18H19N3O3S/c1-20-17(19)15-8-11-16(25-15)12(9-21(2)18(11)22)10-5-6-13(23-3)14(7-10)24-4/h5-9H,1-4H3,(H2,19,20). The SMILES string of the molecule is CN=C(N)c1cc2c(=O)n(C)cc(-c3ccc(OC)c(OC)c3)c2s1. The van der Waals surface area contributed by atoms with Crippen LogP contribution in [0.15, 0.2) is 40.2 Å². The Hall–Kier alpha value is -2.80. The van der Waals surface area contributed by atoms with E-state index in [4.69, 9.17) is 15.2 Å². The van der Waals surface area contributed by atoms with E-state index < -0.39 is 0 Å². The summed E-state index contributed by atoms with van der Waals surface area (Å²) in [7, 11) is 6.56. The average molecular weight is 357 g/mol. The number of rotatable bonds is 4. The zero-order valence-electron chi connectivity index (χ0n) is 14.5. The maximum absolute atomic E-state index is 12.5. The monoisotopic (exact) mass is 357 g/mol. The van der Waals surface area contributed by atoms with Crippen LogP contribution in [0.25, 0.3) is 21.2 Å². The molecule has 0 aliphatic heterocycles. The number of benzene rings is 1. The number of amidine groups is 1. The second-order valence-corrected chi connectivity index (χ2v) is 6.54. The van der Waals surface area contributed by atoms with Crippen molar-refractivity contribution >= 4 is 27.3 Å². The third-order valence-corrected chi connectivity index (χ3v) is 5.23. The minimum Gasteiger partial charge on any atom is -0.493 e. The molecule has 0 bridgehead atoms. The van der Waals surface area contributed by atoms with Gasteiger partial charge in [-0.1, -0.05) is 6.07 Å². The van der Waals surface area contributed by atoms with Crippen LogP contribution in [0, 0.1) is 0 Å². The fourth-order valence-corrected chi connectivity index (χ4v) is 3.83. The zero-order valence-corrected chi connectivity index (χ0v) is 15.3. The van der Waals surface area contributed by atoms with Crippen LogP contribution in [0.4, 0.5) is 0 Å². The first-order chi connectivity index (χ1) is 12.0. The highest BCUT2D eigenvalue weighted by atomic mass is 32.1. The predicted molar refractivity (Wildman–Crippen MR) is 102 cm³/mol. The molecule has 7 heteroatoms. The van der Waals surface area contributed by atoms with Crippen molar-refractivity contribution in [1.29, 1.82) is 0 Å². The summed E-state index contributed by atoms with van der Waals surface area (Å²) >= 11 is 1.46. The van der Waals surface area contributed by atoms with Gasteiger partial charge in [-0.15, -0.1) is 11.3 Å². The van der Waals surface area contributed by atoms with E-state index in [1.54, 1.807) is 38.9 Å². The lowest BCUT2D eigenvalue weighted by molar-refractivity contribution is 0.355. The van der Waals surface area contributed by atoms with E-state index in [0.29, 0.717) is 22.7 Å². The van der Waals surface area contributed by atoms with Crippen molar-refractivity contribution in [3.63, 3.8) is 0 Å². The Bertz CT molecular complexity index is 1030. The Kier molecular flexibility index (Phi) is 4.50. The van der Waals surface area contributed by atoms with Crippen molar-refractivity contribution in [2.24, 2.45) is 17.8 Å². The number of aromatic nitrogens is 1. The summed E-state index contributed by atoms with van der Waals surface area (Å²) in [6, 6.07) is 7.49. The summed E-state index contributed by atoms with van der Waals surface area (Å²) < 4.78 is 13.1. The molecule has 2 heterocycles. The summed E-state index contributed by atoms with van der Waals surface area (Å²) in [6.45, 7) is 0. The molecule has 0 aliphatic rings. The third kappa shape index (κ3) is 2.87. The van der Waals surface area contributed by atoms with Gasteiger partial charge in [0.1, 0.15) is 5.84 Å². The van der Waals surface area contributed by atoms with Gasteiger partial charge in [-0.05, 0) is 23.8 Å². The van der Waals surface area contributed by atoms with Gasteiger partial charge in [0.15, 0.2) is 11.5 Å². The molecule has 0 saturated heterocycles. The molecule has 0 amide bonds. The topological polar surface area (TPSA) is 78.8 Å². The van der Waals surface area contributed by atoms with E-state index in [1.807, 2.05) is 24.4 Å². The first kappa shape index (κ1) is 17.0. The highest BCUT2D eigenvalue weighted by molar-refractivity contribution is 7.21. The minimum atomic E-state index is -0.0642. The average Bonchev–Trinajstić information content (AvgIpc) is 3.09. The fraction of sp³-hybridized carbons (Fsp3) is 0.222. The predicted octanol–water partition coefficient (Wildman–Crippen LogP) is 2.62. The molecule has 0 radical (unpaired) electrons. The van der Waals surface area contributed by atoms with Crippen molar-refractivity contribution in [3.05, 3.63) is 45.7 Å². The van der Waals surface area contributed by atoms with Gasteiger partial charge >= 0.3 is 0 Å². The van der Waals surface area contributed by atoms with Crippen molar-refractivity contribution in [1.82, 2.24) is 4.57 Å². The molecular formula is C18H19N3O3S.